The number of hydrogen-bond donors (Lipinski definition) is 0. The van der Waals surface area contributed by atoms with Gasteiger partial charge in [0.15, 0.2) is 6.61 Å². The van der Waals surface area contributed by atoms with Gasteiger partial charge in [-0.25, -0.2) is 4.39 Å². The number of fused-ring (bicyclic) bond motifs is 1. The average Bonchev–Trinajstić information content (AvgIpc) is 2.53. The molecule has 3 rings (SSSR count). The van der Waals surface area contributed by atoms with Crippen molar-refractivity contribution in [3.8, 4) is 5.75 Å². The molecule has 0 radical (unpaired) electrons. The van der Waals surface area contributed by atoms with Gasteiger partial charge >= 0.3 is 0 Å². The van der Waals surface area contributed by atoms with E-state index < -0.39 is 16.6 Å². The minimum absolute atomic E-state index is 0.190. The van der Waals surface area contributed by atoms with Crippen molar-refractivity contribution in [2.75, 3.05) is 23.8 Å². The molecule has 0 fully saturated rings. The molecule has 1 heterocycles. The number of nitrogens with zero attached hydrogens (tertiary/aromatic N) is 1. The minimum Gasteiger partial charge on any atom is -0.484 e. The van der Waals surface area contributed by atoms with Crippen LogP contribution in [0.1, 0.15) is 0 Å². The molecule has 1 aliphatic rings. The Hall–Kier alpha value is -2.21. The summed E-state index contributed by atoms with van der Waals surface area (Å²) in [6.45, 7) is 0.194. The lowest BCUT2D eigenvalue weighted by molar-refractivity contribution is -0.120. The lowest BCUT2D eigenvalue weighted by Crippen LogP contribution is -2.40. The van der Waals surface area contributed by atoms with Crippen molar-refractivity contribution in [3.05, 3.63) is 54.3 Å². The van der Waals surface area contributed by atoms with Crippen LogP contribution in [0.5, 0.6) is 5.75 Å². The van der Waals surface area contributed by atoms with Gasteiger partial charge in [-0.15, -0.1) is 0 Å². The number of rotatable bonds is 3. The Balaban J connectivity index is 1.73. The van der Waals surface area contributed by atoms with Crippen molar-refractivity contribution < 1.29 is 18.1 Å². The SMILES string of the molecule is O=C(COc1cccc(F)c1)N1CCS(=O)c2ccccc21. The van der Waals surface area contributed by atoms with Crippen molar-refractivity contribution in [3.63, 3.8) is 0 Å². The lowest BCUT2D eigenvalue weighted by Gasteiger charge is -2.28. The smallest absolute Gasteiger partial charge is 0.264 e. The maximum absolute atomic E-state index is 13.1. The van der Waals surface area contributed by atoms with E-state index in [-0.39, 0.29) is 12.5 Å². The van der Waals surface area contributed by atoms with E-state index in [4.69, 9.17) is 4.74 Å². The highest BCUT2D eigenvalue weighted by molar-refractivity contribution is 7.85. The van der Waals surface area contributed by atoms with E-state index in [1.807, 2.05) is 0 Å². The fraction of sp³-hybridized carbons (Fsp3) is 0.188. The molecule has 114 valence electrons. The van der Waals surface area contributed by atoms with Gasteiger partial charge in [0.2, 0.25) is 0 Å². The Morgan fingerprint density at radius 2 is 2.05 bits per heavy atom. The highest BCUT2D eigenvalue weighted by Crippen LogP contribution is 2.28. The Morgan fingerprint density at radius 1 is 1.23 bits per heavy atom. The first-order valence-electron chi connectivity index (χ1n) is 6.81. The zero-order valence-corrected chi connectivity index (χ0v) is 12.5. The molecule has 2 aromatic rings. The molecule has 1 unspecified atom stereocenters. The molecule has 2 aromatic carbocycles. The van der Waals surface area contributed by atoms with Gasteiger partial charge in [-0.2, -0.15) is 0 Å². The predicted octanol–water partition coefficient (Wildman–Crippen LogP) is 2.36. The lowest BCUT2D eigenvalue weighted by atomic mass is 10.2. The van der Waals surface area contributed by atoms with Crippen molar-refractivity contribution >= 4 is 22.4 Å². The van der Waals surface area contributed by atoms with E-state index >= 15 is 0 Å². The molecular formula is C16H14FNO3S. The van der Waals surface area contributed by atoms with Crippen molar-refractivity contribution in [1.29, 1.82) is 0 Å². The molecule has 1 amide bonds. The summed E-state index contributed by atoms with van der Waals surface area (Å²) < 4.78 is 30.4. The first-order chi connectivity index (χ1) is 10.6. The maximum Gasteiger partial charge on any atom is 0.264 e. The van der Waals surface area contributed by atoms with Gasteiger partial charge in [-0.1, -0.05) is 18.2 Å². The normalized spacial score (nSPS) is 17.0. The average molecular weight is 319 g/mol. The second-order valence-electron chi connectivity index (χ2n) is 4.81. The van der Waals surface area contributed by atoms with Crippen LogP contribution in [0.2, 0.25) is 0 Å². The molecule has 0 saturated carbocycles. The van der Waals surface area contributed by atoms with Crippen LogP contribution in [0.4, 0.5) is 10.1 Å². The molecule has 6 heteroatoms. The van der Waals surface area contributed by atoms with Gasteiger partial charge < -0.3 is 9.64 Å². The Morgan fingerprint density at radius 3 is 2.86 bits per heavy atom. The third kappa shape index (κ3) is 3.01. The van der Waals surface area contributed by atoms with Crippen LogP contribution in [0, 0.1) is 5.82 Å². The largest absolute Gasteiger partial charge is 0.484 e. The number of carbonyl (C=O) groups excluding carboxylic acids is 1. The number of amides is 1. The van der Waals surface area contributed by atoms with Crippen LogP contribution < -0.4 is 9.64 Å². The third-order valence-corrected chi connectivity index (χ3v) is 4.75. The number of carbonyl (C=O) groups is 1. The summed E-state index contributed by atoms with van der Waals surface area (Å²) in [6.07, 6.45) is 0. The number of benzene rings is 2. The molecule has 0 bridgehead atoms. The zero-order valence-electron chi connectivity index (χ0n) is 11.7. The maximum atomic E-state index is 13.1. The quantitative estimate of drug-likeness (QED) is 0.872. The number of anilines is 1. The topological polar surface area (TPSA) is 46.6 Å². The first-order valence-corrected chi connectivity index (χ1v) is 8.13. The summed E-state index contributed by atoms with van der Waals surface area (Å²) in [7, 11) is -1.08. The van der Waals surface area contributed by atoms with Crippen LogP contribution in [-0.2, 0) is 15.6 Å². The minimum atomic E-state index is -1.08. The van der Waals surface area contributed by atoms with E-state index in [0.29, 0.717) is 28.6 Å². The van der Waals surface area contributed by atoms with E-state index in [1.165, 1.54) is 18.2 Å². The molecule has 0 N–H and O–H groups in total. The summed E-state index contributed by atoms with van der Waals surface area (Å²) in [5.74, 6) is 0.0576. The van der Waals surface area contributed by atoms with Gasteiger partial charge in [0.1, 0.15) is 11.6 Å². The van der Waals surface area contributed by atoms with Crippen molar-refractivity contribution in [2.24, 2.45) is 0 Å². The van der Waals surface area contributed by atoms with Crippen molar-refractivity contribution in [2.45, 2.75) is 4.90 Å². The van der Waals surface area contributed by atoms with Gasteiger partial charge in [0.25, 0.3) is 5.91 Å². The molecule has 0 aromatic heterocycles. The van der Waals surface area contributed by atoms with Crippen LogP contribution >= 0.6 is 0 Å². The highest BCUT2D eigenvalue weighted by atomic mass is 32.2. The van der Waals surface area contributed by atoms with Crippen LogP contribution in [0.3, 0.4) is 0 Å². The second-order valence-corrected chi connectivity index (χ2v) is 6.35. The van der Waals surface area contributed by atoms with Gasteiger partial charge in [-0.3, -0.25) is 9.00 Å². The van der Waals surface area contributed by atoms with E-state index in [2.05, 4.69) is 0 Å². The summed E-state index contributed by atoms with van der Waals surface area (Å²) >= 11 is 0. The molecule has 0 saturated heterocycles. The fourth-order valence-corrected chi connectivity index (χ4v) is 3.53. The molecule has 0 spiro atoms. The van der Waals surface area contributed by atoms with Gasteiger partial charge in [0.05, 0.1) is 21.4 Å². The highest BCUT2D eigenvalue weighted by Gasteiger charge is 2.26. The third-order valence-electron chi connectivity index (χ3n) is 3.36. The number of para-hydroxylation sites is 1. The van der Waals surface area contributed by atoms with E-state index in [9.17, 15) is 13.4 Å². The van der Waals surface area contributed by atoms with Crippen LogP contribution in [0.25, 0.3) is 0 Å². The second kappa shape index (κ2) is 6.27. The van der Waals surface area contributed by atoms with Gasteiger partial charge in [0, 0.05) is 18.4 Å². The number of halogens is 1. The molecule has 22 heavy (non-hydrogen) atoms. The van der Waals surface area contributed by atoms with Crippen molar-refractivity contribution in [1.82, 2.24) is 0 Å². The van der Waals surface area contributed by atoms with E-state index in [1.54, 1.807) is 35.2 Å². The number of hydrogen-bond acceptors (Lipinski definition) is 3. The zero-order chi connectivity index (χ0) is 15.5. The molecule has 1 atom stereocenters. The van der Waals surface area contributed by atoms with Crippen LogP contribution in [0.15, 0.2) is 53.4 Å². The Kier molecular flexibility index (Phi) is 4.20. The molecule has 4 nitrogen and oxygen atoms in total. The number of ether oxygens (including phenoxy) is 1. The molecule has 0 aliphatic carbocycles. The summed E-state index contributed by atoms with van der Waals surface area (Å²) in [6, 6.07) is 12.8. The predicted molar refractivity (Wildman–Crippen MR) is 82.0 cm³/mol. The standard InChI is InChI=1S/C16H14FNO3S/c17-12-4-3-5-13(10-12)21-11-16(19)18-8-9-22(20)15-7-2-1-6-14(15)18/h1-7,10H,8-9,11H2. The summed E-state index contributed by atoms with van der Waals surface area (Å²) in [5.41, 5.74) is 0.653. The summed E-state index contributed by atoms with van der Waals surface area (Å²) in [5, 5.41) is 0. The molecule has 1 aliphatic heterocycles. The summed E-state index contributed by atoms with van der Waals surface area (Å²) in [4.78, 5) is 14.6. The van der Waals surface area contributed by atoms with E-state index in [0.717, 1.165) is 0 Å². The molecular weight excluding hydrogens is 305 g/mol. The van der Waals surface area contributed by atoms with Crippen LogP contribution in [-0.4, -0.2) is 29.0 Å². The Labute approximate surface area is 130 Å². The Bertz CT molecular complexity index is 735. The first kappa shape index (κ1) is 14.7. The fourth-order valence-electron chi connectivity index (χ4n) is 2.32. The van der Waals surface area contributed by atoms with Gasteiger partial charge in [-0.05, 0) is 24.3 Å². The monoisotopic (exact) mass is 319 g/mol.